The predicted molar refractivity (Wildman–Crippen MR) is 198 cm³/mol. The molecule has 22 nitrogen and oxygen atoms in total. The normalized spacial score (nSPS) is 11.0. The minimum atomic E-state index is -1.04. The average Bonchev–Trinajstić information content (AvgIpc) is 3.20. The number of hydrogen-bond acceptors (Lipinski definition) is 16. The molecular weight excluding hydrogens is 928 g/mol. The Morgan fingerprint density at radius 1 is 0.525 bits per heavy atom. The second kappa shape index (κ2) is 27.5. The summed E-state index contributed by atoms with van der Waals surface area (Å²) in [4.78, 5) is 77.6. The molecule has 0 aromatic carbocycles. The first-order chi connectivity index (χ1) is 27.9. The zero-order valence-corrected chi connectivity index (χ0v) is 34.3. The molecule has 6 N–H and O–H groups in total. The average molecular weight is 976 g/mol. The molecule has 325 valence electrons. The van der Waals surface area contributed by atoms with Gasteiger partial charge in [-0.25, -0.2) is 0 Å². The van der Waals surface area contributed by atoms with E-state index in [1.165, 1.54) is 32.3 Å². The number of aliphatic hydroxyl groups excluding tert-OH is 3. The molecule has 3 rings (SSSR count). The molecule has 3 aromatic heterocycles. The van der Waals surface area contributed by atoms with Gasteiger partial charge in [0.25, 0.3) is 17.7 Å². The number of nitrogens with zero attached hydrogens (tertiary/aromatic N) is 4. The number of carbonyl (C=O) groups is 3. The van der Waals surface area contributed by atoms with E-state index in [0.29, 0.717) is 0 Å². The van der Waals surface area contributed by atoms with E-state index in [4.69, 9.17) is 29.5 Å². The molecule has 0 spiro atoms. The van der Waals surface area contributed by atoms with Gasteiger partial charge in [-0.15, -0.1) is 0 Å². The standard InChI is InChI=1S/C36H51N7O15.Gd/c44-16-22-56-19-13-41-7-1-25(47)31(50)28(41)34(53)37-4-10-40(11-5-38-35(54)29-32(51)26(48)2-8-42(29)14-20-57-23-17-45)12-6-39-36(55)30-33(52)27(49)3-9-43(30)15-21-58-24-18-46;/h1-3,7-9,44-46,50-52H,4-6,10-24H2,(H,37,53)(H,38,54)(H,39,55);/q;+3/p-3. The van der Waals surface area contributed by atoms with Crippen molar-refractivity contribution < 1.29 is 99.2 Å². The van der Waals surface area contributed by atoms with Gasteiger partial charge in [-0.2, -0.15) is 0 Å². The molecule has 0 bridgehead atoms. The molecular formula is C36H48GdN7O15. The number of amides is 3. The molecule has 0 fully saturated rings. The maximum Gasteiger partial charge on any atom is 3.00 e. The molecule has 23 heteroatoms. The number of nitrogens with one attached hydrogen (secondary N) is 3. The number of aliphatic hydroxyl groups is 3. The van der Waals surface area contributed by atoms with E-state index in [1.807, 2.05) is 0 Å². The molecule has 3 amide bonds. The van der Waals surface area contributed by atoms with Crippen LogP contribution in [-0.2, 0) is 33.8 Å². The summed E-state index contributed by atoms with van der Waals surface area (Å²) in [6.45, 7) is -0.702. The van der Waals surface area contributed by atoms with Crippen molar-refractivity contribution in [3.05, 3.63) is 84.5 Å². The minimum Gasteiger partial charge on any atom is -0.868 e. The van der Waals surface area contributed by atoms with Crippen molar-refractivity contribution in [3.8, 4) is 17.2 Å². The molecule has 0 unspecified atom stereocenters. The molecule has 1 radical (unpaired) electrons. The Kier molecular flexibility index (Phi) is 23.7. The number of rotatable bonds is 27. The van der Waals surface area contributed by atoms with Crippen LogP contribution in [-0.4, -0.2) is 150 Å². The summed E-state index contributed by atoms with van der Waals surface area (Å²) in [5.41, 5.74) is -4.05. The first-order valence-corrected chi connectivity index (χ1v) is 18.3. The summed E-state index contributed by atoms with van der Waals surface area (Å²) in [5.74, 6) is -5.73. The zero-order valence-electron chi connectivity index (χ0n) is 32.1. The van der Waals surface area contributed by atoms with E-state index >= 15 is 0 Å². The Morgan fingerprint density at radius 2 is 0.797 bits per heavy atom. The number of carbonyl (C=O) groups excluding carboxylic acids is 3. The summed E-state index contributed by atoms with van der Waals surface area (Å²) < 4.78 is 19.4. The van der Waals surface area contributed by atoms with Crippen molar-refractivity contribution in [2.75, 3.05) is 98.7 Å². The summed E-state index contributed by atoms with van der Waals surface area (Å²) in [5, 5.41) is 72.6. The van der Waals surface area contributed by atoms with Crippen molar-refractivity contribution in [1.82, 2.24) is 34.6 Å². The molecule has 0 aliphatic rings. The van der Waals surface area contributed by atoms with Crippen molar-refractivity contribution in [1.29, 1.82) is 0 Å². The zero-order chi connectivity index (χ0) is 42.5. The molecule has 0 saturated heterocycles. The maximum absolute atomic E-state index is 13.2. The van der Waals surface area contributed by atoms with Gasteiger partial charge in [0.05, 0.1) is 59.5 Å². The largest absolute Gasteiger partial charge is 3.00 e. The van der Waals surface area contributed by atoms with E-state index in [2.05, 4.69) is 16.0 Å². The van der Waals surface area contributed by atoms with Crippen molar-refractivity contribution in [2.45, 2.75) is 19.6 Å². The van der Waals surface area contributed by atoms with E-state index < -0.39 is 68.3 Å². The van der Waals surface area contributed by atoms with Crippen LogP contribution >= 0.6 is 0 Å². The fraction of sp³-hybridized carbons (Fsp3) is 0.500. The second-order valence-electron chi connectivity index (χ2n) is 12.3. The molecule has 0 saturated carbocycles. The van der Waals surface area contributed by atoms with Crippen LogP contribution in [0.15, 0.2) is 51.2 Å². The number of aromatic nitrogens is 3. The third-order valence-electron chi connectivity index (χ3n) is 8.32. The van der Waals surface area contributed by atoms with E-state index in [9.17, 15) is 44.1 Å². The number of ether oxygens (including phenoxy) is 3. The summed E-state index contributed by atoms with van der Waals surface area (Å²) >= 11 is 0. The van der Waals surface area contributed by atoms with E-state index in [-0.39, 0.29) is 158 Å². The van der Waals surface area contributed by atoms with Gasteiger partial charge in [-0.1, -0.05) is 0 Å². The van der Waals surface area contributed by atoms with Crippen LogP contribution in [0, 0.1) is 39.9 Å². The maximum atomic E-state index is 13.2. The molecule has 0 aliphatic carbocycles. The second-order valence-corrected chi connectivity index (χ2v) is 12.3. The van der Waals surface area contributed by atoms with Crippen LogP contribution in [0.2, 0.25) is 0 Å². The summed E-state index contributed by atoms with van der Waals surface area (Å²) in [6, 6.07) is 3.04. The fourth-order valence-corrected chi connectivity index (χ4v) is 5.48. The van der Waals surface area contributed by atoms with Gasteiger partial charge in [-0.3, -0.25) is 33.7 Å². The number of pyridine rings is 3. The topological polar surface area (TPSA) is 314 Å². The Bertz CT molecular complexity index is 1770. The summed E-state index contributed by atoms with van der Waals surface area (Å²) in [7, 11) is 0. The fourth-order valence-electron chi connectivity index (χ4n) is 5.48. The third-order valence-corrected chi connectivity index (χ3v) is 8.32. The van der Waals surface area contributed by atoms with E-state index in [0.717, 1.165) is 18.2 Å². The Balaban J connectivity index is 0.0000120. The smallest absolute Gasteiger partial charge is 0.868 e. The molecule has 3 aromatic rings. The van der Waals surface area contributed by atoms with Gasteiger partial charge in [0.15, 0.2) is 16.3 Å². The number of hydrogen-bond donors (Lipinski definition) is 6. The van der Waals surface area contributed by atoms with Gasteiger partial charge < -0.3 is 74.5 Å². The first kappa shape index (κ1) is 50.8. The quantitative estimate of drug-likeness (QED) is 0.0388. The van der Waals surface area contributed by atoms with Crippen molar-refractivity contribution in [3.63, 3.8) is 0 Å². The van der Waals surface area contributed by atoms with Crippen LogP contribution < -0.4 is 47.6 Å². The SMILES string of the molecule is O=C(NCCN(CCNC(=O)c1c([O-])c(=O)ccn1CCOCCO)CCNC(=O)c1c([O-])c(=O)ccn1CCOCCO)c1c([O-])c(=O)ccn1CCOCCO.[Gd+3]. The Morgan fingerprint density at radius 3 is 1.05 bits per heavy atom. The van der Waals surface area contributed by atoms with Crippen LogP contribution in [0.1, 0.15) is 31.5 Å². The predicted octanol–water partition coefficient (Wildman–Crippen LogP) is -5.69. The van der Waals surface area contributed by atoms with E-state index in [1.54, 1.807) is 4.90 Å². The van der Waals surface area contributed by atoms with Crippen LogP contribution in [0.3, 0.4) is 0 Å². The third kappa shape index (κ3) is 16.0. The molecule has 0 aliphatic heterocycles. The van der Waals surface area contributed by atoms with Crippen LogP contribution in [0.5, 0.6) is 17.2 Å². The van der Waals surface area contributed by atoms with Gasteiger partial charge >= 0.3 is 39.9 Å². The first-order valence-electron chi connectivity index (χ1n) is 18.3. The van der Waals surface area contributed by atoms with Gasteiger partial charge in [0.1, 0.15) is 17.1 Å². The summed E-state index contributed by atoms with van der Waals surface area (Å²) in [6.07, 6.45) is 3.80. The minimum absolute atomic E-state index is 0. The van der Waals surface area contributed by atoms with Gasteiger partial charge in [0, 0.05) is 95.7 Å². The van der Waals surface area contributed by atoms with Crippen molar-refractivity contribution >= 4 is 17.7 Å². The van der Waals surface area contributed by atoms with Gasteiger partial charge in [-0.05, 0) is 17.2 Å². The Hall–Kier alpha value is -4.30. The molecule has 59 heavy (non-hydrogen) atoms. The molecule has 0 atom stereocenters. The van der Waals surface area contributed by atoms with Crippen LogP contribution in [0.4, 0.5) is 0 Å². The van der Waals surface area contributed by atoms with Crippen LogP contribution in [0.25, 0.3) is 0 Å². The van der Waals surface area contributed by atoms with Gasteiger partial charge in [0.2, 0.25) is 0 Å². The Labute approximate surface area is 369 Å². The van der Waals surface area contributed by atoms with Crippen molar-refractivity contribution in [2.24, 2.45) is 0 Å². The monoisotopic (exact) mass is 976 g/mol. The molecule has 3 heterocycles.